The van der Waals surface area contributed by atoms with Crippen molar-refractivity contribution in [2.45, 2.75) is 163 Å². The molecule has 0 unspecified atom stereocenters. The fourth-order valence-electron chi connectivity index (χ4n) is 4.62. The molecular formula is C126H210O21. The van der Waals surface area contributed by atoms with E-state index >= 15 is 0 Å². The van der Waals surface area contributed by atoms with Gasteiger partial charge in [-0.25, -0.2) is 0 Å². The third-order valence-corrected chi connectivity index (χ3v) is 9.72. The summed E-state index contributed by atoms with van der Waals surface area (Å²) in [5.41, 5.74) is 0. The monoisotopic (exact) mass is 2060 g/mol. The van der Waals surface area contributed by atoms with Crippen molar-refractivity contribution in [3.05, 3.63) is 437 Å². The summed E-state index contributed by atoms with van der Waals surface area (Å²) in [5, 5.41) is 0. The lowest BCUT2D eigenvalue weighted by atomic mass is 10.4. The number of hydrogen-bond donors (Lipinski definition) is 0. The van der Waals surface area contributed by atoms with Crippen LogP contribution in [0.25, 0.3) is 0 Å². The Bertz CT molecular complexity index is 2490. The highest BCUT2D eigenvalue weighted by molar-refractivity contribution is 5.67. The first-order valence-corrected chi connectivity index (χ1v) is 47.7. The summed E-state index contributed by atoms with van der Waals surface area (Å²) in [7, 11) is 37.3. The van der Waals surface area contributed by atoms with Gasteiger partial charge in [0.2, 0.25) is 0 Å². The van der Waals surface area contributed by atoms with E-state index in [9.17, 15) is 28.8 Å². The van der Waals surface area contributed by atoms with Gasteiger partial charge in [-0.3, -0.25) is 28.8 Å². The lowest BCUT2D eigenvalue weighted by Crippen LogP contribution is -1.88. The van der Waals surface area contributed by atoms with Gasteiger partial charge in [0.15, 0.2) is 0 Å². The van der Waals surface area contributed by atoms with Crippen LogP contribution in [0.1, 0.15) is 163 Å². The topological polar surface area (TPSA) is 241 Å². The van der Waals surface area contributed by atoms with Crippen molar-refractivity contribution in [3.8, 4) is 0 Å². The molecule has 21 heteroatoms. The van der Waals surface area contributed by atoms with Crippen LogP contribution in [-0.4, -0.2) is 206 Å². The van der Waals surface area contributed by atoms with Crippen molar-refractivity contribution < 1.29 is 99.8 Å². The number of benzene rings is 12. The van der Waals surface area contributed by atoms with Crippen LogP contribution in [0, 0.1) is 0 Å². The van der Waals surface area contributed by atoms with Gasteiger partial charge in [-0.2, -0.15) is 0 Å². The Kier molecular flexibility index (Phi) is 305. The summed E-state index contributed by atoms with van der Waals surface area (Å²) in [6, 6.07) is 144. The van der Waals surface area contributed by atoms with Crippen LogP contribution in [0.2, 0.25) is 0 Å². The Hall–Kier alpha value is -12.9. The van der Waals surface area contributed by atoms with E-state index in [1.54, 1.807) is 128 Å². The molecule has 0 spiro atoms. The number of methoxy groups -OCH3 is 15. The largest absolute Gasteiger partial charge is 0.469 e. The van der Waals surface area contributed by atoms with E-state index in [0.29, 0.717) is 0 Å². The van der Waals surface area contributed by atoms with Crippen LogP contribution in [0.3, 0.4) is 0 Å². The Morgan fingerprint density at radius 2 is 0.116 bits per heavy atom. The predicted molar refractivity (Wildman–Crippen MR) is 636 cm³/mol. The Labute approximate surface area is 901 Å². The number of rotatable bonds is 0. The summed E-state index contributed by atoms with van der Waals surface area (Å²) >= 11 is 0. The molecule has 0 aliphatic heterocycles. The molecule has 0 N–H and O–H groups in total. The molecule has 0 bridgehead atoms. The van der Waals surface area contributed by atoms with Crippen LogP contribution >= 0.6 is 0 Å². The van der Waals surface area contributed by atoms with Crippen LogP contribution in [0.5, 0.6) is 0 Å². The number of hydrogen-bond acceptors (Lipinski definition) is 21. The van der Waals surface area contributed by atoms with Gasteiger partial charge in [-0.15, -0.1) is 0 Å². The summed E-state index contributed by atoms with van der Waals surface area (Å²) in [6.45, 7) is 33.7. The number of carbonyl (C=O) groups is 6. The maximum absolute atomic E-state index is 9.59. The lowest BCUT2D eigenvalue weighted by Gasteiger charge is -1.80. The molecule has 0 aliphatic carbocycles. The molecule has 21 nitrogen and oxygen atoms in total. The third-order valence-electron chi connectivity index (χ3n) is 9.72. The molecule has 0 radical (unpaired) electrons. The van der Waals surface area contributed by atoms with Crippen molar-refractivity contribution in [2.75, 3.05) is 171 Å². The molecule has 12 aromatic carbocycles. The Morgan fingerprint density at radius 1 is 0.102 bits per heavy atom. The number of ether oxygens (including phenoxy) is 15. The molecular weight excluding hydrogens is 1850 g/mol. The van der Waals surface area contributed by atoms with Gasteiger partial charge < -0.3 is 71.1 Å². The Morgan fingerprint density at radius 3 is 0.122 bits per heavy atom. The van der Waals surface area contributed by atoms with Gasteiger partial charge in [0.05, 0.1) is 42.7 Å². The molecule has 12 rings (SSSR count). The SMILES string of the molecule is CCC.CCC.CCC.CCC.CCC.CCC.COC.COC.COC.COC.COC.COC.COC.COC.COC.COC(C)=O.COC(C)=O.COC(C)=O.COC(C)=O.COC(C)=O.COC(C)=O.c1ccccc1.c1ccccc1.c1ccccc1.c1ccccc1.c1ccccc1.c1ccccc1.c1ccccc1.c1ccccc1.c1ccccc1.c1ccccc1.c1ccccc1.c1ccccc1. The van der Waals surface area contributed by atoms with E-state index in [-0.39, 0.29) is 35.8 Å². The van der Waals surface area contributed by atoms with Crippen molar-refractivity contribution in [3.63, 3.8) is 0 Å². The summed E-state index contributed by atoms with van der Waals surface area (Å²) in [4.78, 5) is 57.5. The van der Waals surface area contributed by atoms with E-state index in [4.69, 9.17) is 0 Å². The van der Waals surface area contributed by atoms with E-state index in [0.717, 1.165) is 0 Å². The normalized spacial score (nSPS) is 7.14. The van der Waals surface area contributed by atoms with Gasteiger partial charge >= 0.3 is 35.8 Å². The molecule has 147 heavy (non-hydrogen) atoms. The molecule has 840 valence electrons. The van der Waals surface area contributed by atoms with Crippen LogP contribution in [-0.2, 0) is 99.8 Å². The second-order valence-electron chi connectivity index (χ2n) is 25.9. The Balaban J connectivity index is -0.0000000589. The minimum atomic E-state index is -0.245. The smallest absolute Gasteiger partial charge is 0.302 e. The quantitative estimate of drug-likeness (QED) is 0.101. The fraction of sp³-hybridized carbons (Fsp3) is 0.381. The molecule has 0 saturated heterocycles. The highest BCUT2D eigenvalue weighted by Gasteiger charge is 1.79. The summed E-state index contributed by atoms with van der Waals surface area (Å²) in [5.74, 6) is -1.47. The van der Waals surface area contributed by atoms with E-state index in [1.165, 1.54) is 123 Å². The molecule has 0 amide bonds. The number of esters is 6. The van der Waals surface area contributed by atoms with Crippen molar-refractivity contribution in [1.82, 2.24) is 0 Å². The van der Waals surface area contributed by atoms with Gasteiger partial charge in [0, 0.05) is 170 Å². The minimum Gasteiger partial charge on any atom is -0.469 e. The lowest BCUT2D eigenvalue weighted by molar-refractivity contribution is -0.138. The van der Waals surface area contributed by atoms with E-state index in [2.05, 4.69) is 154 Å². The first kappa shape index (κ1) is 186. The average molecular weight is 2060 g/mol. The molecule has 12 aromatic rings. The van der Waals surface area contributed by atoms with Crippen molar-refractivity contribution in [1.29, 1.82) is 0 Å². The van der Waals surface area contributed by atoms with Crippen molar-refractivity contribution >= 4 is 35.8 Å². The van der Waals surface area contributed by atoms with E-state index < -0.39 is 0 Å². The van der Waals surface area contributed by atoms with Gasteiger partial charge in [0.1, 0.15) is 0 Å². The average Bonchev–Trinajstić information content (AvgIpc) is 1.15. The zero-order valence-electron chi connectivity index (χ0n) is 99.4. The maximum Gasteiger partial charge on any atom is 0.302 e. The second kappa shape index (κ2) is 241. The molecule has 0 heterocycles. The zero-order valence-corrected chi connectivity index (χ0v) is 99.4. The van der Waals surface area contributed by atoms with Gasteiger partial charge in [0.25, 0.3) is 0 Å². The molecule has 0 aromatic heterocycles. The summed E-state index contributed by atoms with van der Waals surface area (Å²) < 4.78 is 62.9. The molecule has 0 atom stereocenters. The predicted octanol–water partition coefficient (Wildman–Crippen LogP) is 32.2. The van der Waals surface area contributed by atoms with Crippen LogP contribution < -0.4 is 0 Å². The highest BCUT2D eigenvalue weighted by atomic mass is 16.5. The van der Waals surface area contributed by atoms with Gasteiger partial charge in [-0.1, -0.05) is 558 Å². The van der Waals surface area contributed by atoms with E-state index in [1.807, 2.05) is 437 Å². The molecule has 0 aliphatic rings. The first-order chi connectivity index (χ1) is 70.8. The maximum atomic E-state index is 9.59. The molecule has 0 saturated carbocycles. The first-order valence-electron chi connectivity index (χ1n) is 47.7. The fourth-order valence-corrected chi connectivity index (χ4v) is 4.62. The third kappa shape index (κ3) is 453. The standard InChI is InChI=1S/12C6H6.6C3H6O2.6C3H8.9C2H6O/c12*1-2-4-6-5-3-1;6*1-3(4)5-2;15*1-3-2/h12*1-6H;6*1-2H3;6*3H2,1-2H3;9*1-2H3. The molecule has 0 fully saturated rings. The van der Waals surface area contributed by atoms with Gasteiger partial charge in [-0.05, 0) is 0 Å². The van der Waals surface area contributed by atoms with Crippen LogP contribution in [0.4, 0.5) is 0 Å². The van der Waals surface area contributed by atoms with Crippen molar-refractivity contribution in [2.24, 2.45) is 0 Å². The second-order valence-corrected chi connectivity index (χ2v) is 25.9. The van der Waals surface area contributed by atoms with Crippen LogP contribution in [0.15, 0.2) is 437 Å². The number of carbonyl (C=O) groups excluding carboxylic acids is 6. The zero-order chi connectivity index (χ0) is 117. The summed E-state index contributed by atoms with van der Waals surface area (Å²) in [6.07, 6.45) is 7.50. The highest BCUT2D eigenvalue weighted by Crippen LogP contribution is 1.88. The minimum absolute atomic E-state index is 0.245.